The van der Waals surface area contributed by atoms with E-state index in [9.17, 15) is 19.2 Å². The maximum absolute atomic E-state index is 11.9. The summed E-state index contributed by atoms with van der Waals surface area (Å²) in [5.74, 6) is -2.78. The number of amides is 3. The standard InChI is InChI=1S/C12H17N3O5/c1-2-3-6-15(9(17)4-5-10(18)19)11-12(20)13-7-8(16)14-11/h4-5,11H,2-3,6-7H2,1H3,(H,13,20)(H,14,16)(H,18,19)/b5-4+. The van der Waals surface area contributed by atoms with Crippen LogP contribution in [0.5, 0.6) is 0 Å². The largest absolute Gasteiger partial charge is 0.478 e. The van der Waals surface area contributed by atoms with Crippen molar-refractivity contribution < 1.29 is 24.3 Å². The maximum atomic E-state index is 11.9. The lowest BCUT2D eigenvalue weighted by Gasteiger charge is -2.33. The number of carbonyl (C=O) groups excluding carboxylic acids is 3. The SMILES string of the molecule is CCCCN(C(=O)/C=C/C(=O)O)C1NC(=O)CNC1=O. The number of carboxylic acids is 1. The van der Waals surface area contributed by atoms with Crippen LogP contribution in [0, 0.1) is 0 Å². The van der Waals surface area contributed by atoms with Crippen molar-refractivity contribution in [2.24, 2.45) is 0 Å². The number of hydrogen-bond acceptors (Lipinski definition) is 4. The topological polar surface area (TPSA) is 116 Å². The number of unbranched alkanes of at least 4 members (excludes halogenated alkanes) is 1. The molecule has 20 heavy (non-hydrogen) atoms. The zero-order valence-corrected chi connectivity index (χ0v) is 11.1. The van der Waals surface area contributed by atoms with Gasteiger partial charge in [0.05, 0.1) is 6.54 Å². The van der Waals surface area contributed by atoms with Gasteiger partial charge in [0.2, 0.25) is 11.8 Å². The first kappa shape index (κ1) is 15.7. The molecule has 1 aliphatic rings. The Bertz CT molecular complexity index is 446. The summed E-state index contributed by atoms with van der Waals surface area (Å²) in [6, 6.07) is 0. The van der Waals surface area contributed by atoms with Crippen LogP contribution in [0.3, 0.4) is 0 Å². The molecule has 3 amide bonds. The molecule has 1 saturated heterocycles. The van der Waals surface area contributed by atoms with Crippen LogP contribution in [-0.2, 0) is 19.2 Å². The van der Waals surface area contributed by atoms with Crippen LogP contribution in [0.15, 0.2) is 12.2 Å². The first-order chi connectivity index (χ1) is 9.45. The minimum atomic E-state index is -1.26. The van der Waals surface area contributed by atoms with Crippen molar-refractivity contribution in [3.63, 3.8) is 0 Å². The highest BCUT2D eigenvalue weighted by atomic mass is 16.4. The van der Waals surface area contributed by atoms with Gasteiger partial charge in [-0.3, -0.25) is 14.4 Å². The van der Waals surface area contributed by atoms with E-state index in [-0.39, 0.29) is 13.1 Å². The number of carboxylic acid groups (broad SMARTS) is 1. The van der Waals surface area contributed by atoms with Gasteiger partial charge in [0.1, 0.15) is 0 Å². The summed E-state index contributed by atoms with van der Waals surface area (Å²) < 4.78 is 0. The van der Waals surface area contributed by atoms with Crippen LogP contribution >= 0.6 is 0 Å². The van der Waals surface area contributed by atoms with Crippen LogP contribution < -0.4 is 10.6 Å². The van der Waals surface area contributed by atoms with Gasteiger partial charge in [-0.1, -0.05) is 13.3 Å². The van der Waals surface area contributed by atoms with E-state index in [0.29, 0.717) is 12.5 Å². The van der Waals surface area contributed by atoms with Crippen LogP contribution in [0.1, 0.15) is 19.8 Å². The summed E-state index contributed by atoms with van der Waals surface area (Å²) in [6.07, 6.45) is 1.88. The number of rotatable bonds is 6. The fraction of sp³-hybridized carbons (Fsp3) is 0.500. The molecule has 0 aliphatic carbocycles. The molecule has 0 spiro atoms. The predicted octanol–water partition coefficient (Wildman–Crippen LogP) is -1.17. The Morgan fingerprint density at radius 2 is 2.10 bits per heavy atom. The molecule has 1 unspecified atom stereocenters. The minimum Gasteiger partial charge on any atom is -0.478 e. The molecule has 1 rings (SSSR count). The molecule has 1 atom stereocenters. The Morgan fingerprint density at radius 3 is 2.70 bits per heavy atom. The highest BCUT2D eigenvalue weighted by molar-refractivity contribution is 6.00. The Kier molecular flexibility index (Phi) is 5.70. The van der Waals surface area contributed by atoms with Crippen molar-refractivity contribution in [3.8, 4) is 0 Å². The zero-order chi connectivity index (χ0) is 15.1. The Labute approximate surface area is 115 Å². The second-order valence-corrected chi connectivity index (χ2v) is 4.24. The second kappa shape index (κ2) is 7.27. The van der Waals surface area contributed by atoms with E-state index < -0.39 is 29.9 Å². The molecule has 8 nitrogen and oxygen atoms in total. The van der Waals surface area contributed by atoms with Crippen LogP contribution in [-0.4, -0.2) is 53.0 Å². The summed E-state index contributed by atoms with van der Waals surface area (Å²) in [5, 5.41) is 13.3. The van der Waals surface area contributed by atoms with Gasteiger partial charge in [0.25, 0.3) is 5.91 Å². The molecule has 110 valence electrons. The number of nitrogens with zero attached hydrogens (tertiary/aromatic N) is 1. The number of aliphatic carboxylic acids is 1. The van der Waals surface area contributed by atoms with Crippen molar-refractivity contribution in [2.75, 3.05) is 13.1 Å². The second-order valence-electron chi connectivity index (χ2n) is 4.24. The molecule has 3 N–H and O–H groups in total. The molecular formula is C12H17N3O5. The van der Waals surface area contributed by atoms with Crippen LogP contribution in [0.4, 0.5) is 0 Å². The number of piperazine rings is 1. The van der Waals surface area contributed by atoms with Gasteiger partial charge in [-0.15, -0.1) is 0 Å². The molecule has 0 bridgehead atoms. The fourth-order valence-corrected chi connectivity index (χ4v) is 1.69. The molecule has 0 aromatic heterocycles. The number of hydrogen-bond donors (Lipinski definition) is 3. The average molecular weight is 283 g/mol. The number of nitrogens with one attached hydrogen (secondary N) is 2. The molecule has 0 radical (unpaired) electrons. The van der Waals surface area contributed by atoms with E-state index in [1.807, 2.05) is 6.92 Å². The van der Waals surface area contributed by atoms with Gasteiger partial charge in [0.15, 0.2) is 6.17 Å². The quantitative estimate of drug-likeness (QED) is 0.531. The molecule has 1 aliphatic heterocycles. The van der Waals surface area contributed by atoms with Gasteiger partial charge in [-0.25, -0.2) is 4.79 Å². The smallest absolute Gasteiger partial charge is 0.328 e. The lowest BCUT2D eigenvalue weighted by Crippen LogP contribution is -2.64. The first-order valence-electron chi connectivity index (χ1n) is 6.24. The van der Waals surface area contributed by atoms with Gasteiger partial charge in [-0.05, 0) is 6.42 Å². The van der Waals surface area contributed by atoms with Crippen LogP contribution in [0.2, 0.25) is 0 Å². The molecule has 0 aromatic carbocycles. The van der Waals surface area contributed by atoms with E-state index in [4.69, 9.17) is 5.11 Å². The zero-order valence-electron chi connectivity index (χ0n) is 11.1. The van der Waals surface area contributed by atoms with Crippen LogP contribution in [0.25, 0.3) is 0 Å². The van der Waals surface area contributed by atoms with E-state index in [2.05, 4.69) is 10.6 Å². The molecule has 0 aromatic rings. The third-order valence-corrected chi connectivity index (χ3v) is 2.69. The van der Waals surface area contributed by atoms with Gasteiger partial charge in [0, 0.05) is 18.7 Å². The first-order valence-corrected chi connectivity index (χ1v) is 6.24. The van der Waals surface area contributed by atoms with Crippen molar-refractivity contribution in [1.29, 1.82) is 0 Å². The van der Waals surface area contributed by atoms with E-state index in [0.717, 1.165) is 17.4 Å². The lowest BCUT2D eigenvalue weighted by molar-refractivity contribution is -0.144. The highest BCUT2D eigenvalue weighted by Gasteiger charge is 2.33. The third kappa shape index (κ3) is 4.38. The molecule has 0 saturated carbocycles. The molecule has 1 fully saturated rings. The van der Waals surface area contributed by atoms with Gasteiger partial charge in [-0.2, -0.15) is 0 Å². The lowest BCUT2D eigenvalue weighted by atomic mass is 10.2. The highest BCUT2D eigenvalue weighted by Crippen LogP contribution is 2.05. The summed E-state index contributed by atoms with van der Waals surface area (Å²) in [4.78, 5) is 46.6. The predicted molar refractivity (Wildman–Crippen MR) is 68.3 cm³/mol. The summed E-state index contributed by atoms with van der Waals surface area (Å²) in [5.41, 5.74) is 0. The fourth-order valence-electron chi connectivity index (χ4n) is 1.69. The third-order valence-electron chi connectivity index (χ3n) is 2.69. The van der Waals surface area contributed by atoms with Gasteiger partial charge >= 0.3 is 5.97 Å². The summed E-state index contributed by atoms with van der Waals surface area (Å²) in [6.45, 7) is 2.03. The minimum absolute atomic E-state index is 0.129. The number of carbonyl (C=O) groups is 4. The van der Waals surface area contributed by atoms with Crippen molar-refractivity contribution in [1.82, 2.24) is 15.5 Å². The van der Waals surface area contributed by atoms with Gasteiger partial charge < -0.3 is 20.6 Å². The molecular weight excluding hydrogens is 266 g/mol. The Hall–Kier alpha value is -2.38. The Morgan fingerprint density at radius 1 is 1.40 bits per heavy atom. The van der Waals surface area contributed by atoms with E-state index >= 15 is 0 Å². The van der Waals surface area contributed by atoms with Crippen molar-refractivity contribution >= 4 is 23.7 Å². The monoisotopic (exact) mass is 283 g/mol. The summed E-state index contributed by atoms with van der Waals surface area (Å²) >= 11 is 0. The van der Waals surface area contributed by atoms with E-state index in [1.54, 1.807) is 0 Å². The van der Waals surface area contributed by atoms with E-state index in [1.165, 1.54) is 0 Å². The average Bonchev–Trinajstić information content (AvgIpc) is 2.40. The summed E-state index contributed by atoms with van der Waals surface area (Å²) in [7, 11) is 0. The molecule has 8 heteroatoms. The van der Waals surface area contributed by atoms with Crippen molar-refractivity contribution in [3.05, 3.63) is 12.2 Å². The molecule has 1 heterocycles. The normalized spacial score (nSPS) is 18.6. The maximum Gasteiger partial charge on any atom is 0.328 e. The van der Waals surface area contributed by atoms with Crippen molar-refractivity contribution in [2.45, 2.75) is 25.9 Å². The Balaban J connectivity index is 2.86.